The highest BCUT2D eigenvalue weighted by Gasteiger charge is 2.13. The number of benzene rings is 1. The molecule has 2 heterocycles. The van der Waals surface area contributed by atoms with Crippen molar-refractivity contribution in [1.29, 1.82) is 0 Å². The predicted molar refractivity (Wildman–Crippen MR) is 78.5 cm³/mol. The molecule has 0 radical (unpaired) electrons. The number of aryl methyl sites for hydroxylation is 2. The van der Waals surface area contributed by atoms with E-state index >= 15 is 0 Å². The average molecular weight is 286 g/mol. The minimum atomic E-state index is 0.452. The van der Waals surface area contributed by atoms with Gasteiger partial charge < -0.3 is 10.3 Å². The highest BCUT2D eigenvalue weighted by atomic mass is 32.1. The zero-order valence-corrected chi connectivity index (χ0v) is 12.1. The van der Waals surface area contributed by atoms with Crippen LogP contribution in [0.3, 0.4) is 0 Å². The zero-order chi connectivity index (χ0) is 14.1. The van der Waals surface area contributed by atoms with Crippen molar-refractivity contribution in [3.8, 4) is 11.5 Å². The number of hydrogen-bond acceptors (Lipinski definition) is 6. The molecule has 0 aliphatic rings. The average Bonchev–Trinajstić information content (AvgIpc) is 3.02. The number of anilines is 1. The van der Waals surface area contributed by atoms with Gasteiger partial charge in [0.15, 0.2) is 5.82 Å². The van der Waals surface area contributed by atoms with Crippen LogP contribution in [0.25, 0.3) is 11.5 Å². The molecule has 20 heavy (non-hydrogen) atoms. The first-order valence-corrected chi connectivity index (χ1v) is 7.10. The molecule has 0 saturated carbocycles. The summed E-state index contributed by atoms with van der Waals surface area (Å²) in [6, 6.07) is 5.74. The summed E-state index contributed by atoms with van der Waals surface area (Å²) in [5.74, 6) is 1.07. The van der Waals surface area contributed by atoms with Crippen LogP contribution in [0, 0.1) is 13.8 Å². The summed E-state index contributed by atoms with van der Waals surface area (Å²) in [5, 5.41) is 7.03. The summed E-state index contributed by atoms with van der Waals surface area (Å²) in [6.07, 6.45) is 0.569. The van der Waals surface area contributed by atoms with Crippen LogP contribution in [0.5, 0.6) is 0 Å². The first-order valence-electron chi connectivity index (χ1n) is 6.22. The maximum atomic E-state index is 5.95. The molecule has 6 heteroatoms. The fraction of sp³-hybridized carbons (Fsp3) is 0.214. The molecule has 0 amide bonds. The second kappa shape index (κ2) is 5.05. The van der Waals surface area contributed by atoms with Gasteiger partial charge in [0.2, 0.25) is 0 Å². The van der Waals surface area contributed by atoms with E-state index < -0.39 is 0 Å². The van der Waals surface area contributed by atoms with Crippen molar-refractivity contribution in [2.24, 2.45) is 0 Å². The maximum absolute atomic E-state index is 5.95. The molecule has 0 unspecified atom stereocenters. The van der Waals surface area contributed by atoms with Gasteiger partial charge >= 0.3 is 0 Å². The quantitative estimate of drug-likeness (QED) is 0.749. The van der Waals surface area contributed by atoms with Crippen molar-refractivity contribution in [2.45, 2.75) is 20.3 Å². The molecule has 5 nitrogen and oxygen atoms in total. The van der Waals surface area contributed by atoms with Crippen LogP contribution in [-0.4, -0.2) is 15.1 Å². The van der Waals surface area contributed by atoms with E-state index in [1.807, 2.05) is 37.4 Å². The smallest absolute Gasteiger partial charge is 0.260 e. The van der Waals surface area contributed by atoms with Crippen LogP contribution in [0.2, 0.25) is 0 Å². The molecule has 0 aliphatic heterocycles. The van der Waals surface area contributed by atoms with Gasteiger partial charge in [-0.25, -0.2) is 4.98 Å². The topological polar surface area (TPSA) is 77.8 Å². The standard InChI is InChI=1S/C14H14N4OS/c1-8-3-4-12(15)11(5-8)14-17-13(18-19-14)6-10-7-20-9(2)16-10/h3-5,7H,6,15H2,1-2H3. The second-order valence-electron chi connectivity index (χ2n) is 4.64. The summed E-state index contributed by atoms with van der Waals surface area (Å²) in [7, 11) is 0. The number of nitrogen functional groups attached to an aromatic ring is 1. The van der Waals surface area contributed by atoms with E-state index in [9.17, 15) is 0 Å². The Balaban J connectivity index is 1.88. The van der Waals surface area contributed by atoms with Gasteiger partial charge in [-0.1, -0.05) is 16.8 Å². The Morgan fingerprint density at radius 2 is 2.10 bits per heavy atom. The fourth-order valence-electron chi connectivity index (χ4n) is 1.94. The van der Waals surface area contributed by atoms with E-state index in [1.165, 1.54) is 0 Å². The van der Waals surface area contributed by atoms with Gasteiger partial charge in [-0.15, -0.1) is 11.3 Å². The minimum absolute atomic E-state index is 0.452. The summed E-state index contributed by atoms with van der Waals surface area (Å²) in [4.78, 5) is 8.79. The molecule has 0 spiro atoms. The van der Waals surface area contributed by atoms with E-state index in [1.54, 1.807) is 11.3 Å². The number of thiazole rings is 1. The fourth-order valence-corrected chi connectivity index (χ4v) is 2.55. The molecule has 0 bridgehead atoms. The van der Waals surface area contributed by atoms with Crippen molar-refractivity contribution in [2.75, 3.05) is 5.73 Å². The highest BCUT2D eigenvalue weighted by molar-refractivity contribution is 7.09. The second-order valence-corrected chi connectivity index (χ2v) is 5.70. The third kappa shape index (κ3) is 2.55. The van der Waals surface area contributed by atoms with E-state index in [2.05, 4.69) is 15.1 Å². The summed E-state index contributed by atoms with van der Waals surface area (Å²) < 4.78 is 5.30. The molecule has 1 aromatic carbocycles. The van der Waals surface area contributed by atoms with Crippen molar-refractivity contribution in [3.63, 3.8) is 0 Å². The Bertz CT molecular complexity index is 747. The van der Waals surface area contributed by atoms with Crippen LogP contribution in [0.4, 0.5) is 5.69 Å². The lowest BCUT2D eigenvalue weighted by atomic mass is 10.1. The molecule has 2 aromatic heterocycles. The van der Waals surface area contributed by atoms with Crippen LogP contribution < -0.4 is 5.73 Å². The SMILES string of the molecule is Cc1ccc(N)c(-c2nc(Cc3csc(C)n3)no2)c1. The van der Waals surface area contributed by atoms with Crippen LogP contribution in [0.15, 0.2) is 28.1 Å². The van der Waals surface area contributed by atoms with Gasteiger partial charge in [0, 0.05) is 11.1 Å². The lowest BCUT2D eigenvalue weighted by Gasteiger charge is -2.01. The minimum Gasteiger partial charge on any atom is -0.398 e. The normalized spacial score (nSPS) is 10.9. The number of nitrogens with two attached hydrogens (primary N) is 1. The summed E-state index contributed by atoms with van der Waals surface area (Å²) >= 11 is 1.61. The Hall–Kier alpha value is -2.21. The van der Waals surface area contributed by atoms with Crippen molar-refractivity contribution in [3.05, 3.63) is 45.7 Å². The number of nitrogens with zero attached hydrogens (tertiary/aromatic N) is 3. The molecular formula is C14H14N4OS. The van der Waals surface area contributed by atoms with Gasteiger partial charge in [-0.3, -0.25) is 0 Å². The third-order valence-corrected chi connectivity index (χ3v) is 3.74. The molecule has 102 valence electrons. The molecule has 0 aliphatic carbocycles. The third-order valence-electron chi connectivity index (χ3n) is 2.91. The Morgan fingerprint density at radius 3 is 2.85 bits per heavy atom. The van der Waals surface area contributed by atoms with Crippen molar-refractivity contribution < 1.29 is 4.52 Å². The van der Waals surface area contributed by atoms with Gasteiger partial charge in [-0.05, 0) is 26.0 Å². The summed E-state index contributed by atoms with van der Waals surface area (Å²) in [6.45, 7) is 3.97. The van der Waals surface area contributed by atoms with Crippen molar-refractivity contribution >= 4 is 17.0 Å². The maximum Gasteiger partial charge on any atom is 0.260 e. The van der Waals surface area contributed by atoms with Gasteiger partial charge in [0.1, 0.15) is 0 Å². The number of aromatic nitrogens is 3. The van der Waals surface area contributed by atoms with Gasteiger partial charge in [0.25, 0.3) is 5.89 Å². The van der Waals surface area contributed by atoms with E-state index in [4.69, 9.17) is 10.3 Å². The van der Waals surface area contributed by atoms with Gasteiger partial charge in [-0.2, -0.15) is 4.98 Å². The first kappa shape index (κ1) is 12.8. The molecule has 0 fully saturated rings. The highest BCUT2D eigenvalue weighted by Crippen LogP contribution is 2.25. The Kier molecular flexibility index (Phi) is 3.23. The van der Waals surface area contributed by atoms with E-state index in [-0.39, 0.29) is 0 Å². The van der Waals surface area contributed by atoms with Gasteiger partial charge in [0.05, 0.1) is 22.7 Å². The molecule has 0 atom stereocenters. The van der Waals surface area contributed by atoms with E-state index in [0.29, 0.717) is 23.8 Å². The molecule has 0 saturated heterocycles. The Labute approximate surface area is 120 Å². The lowest BCUT2D eigenvalue weighted by molar-refractivity contribution is 0.424. The van der Waals surface area contributed by atoms with Crippen LogP contribution >= 0.6 is 11.3 Å². The zero-order valence-electron chi connectivity index (χ0n) is 11.3. The Morgan fingerprint density at radius 1 is 1.25 bits per heavy atom. The number of rotatable bonds is 3. The van der Waals surface area contributed by atoms with Crippen LogP contribution in [-0.2, 0) is 6.42 Å². The lowest BCUT2D eigenvalue weighted by Crippen LogP contribution is -1.93. The molecule has 3 rings (SSSR count). The molecule has 2 N–H and O–H groups in total. The molecular weight excluding hydrogens is 272 g/mol. The van der Waals surface area contributed by atoms with E-state index in [0.717, 1.165) is 21.8 Å². The van der Waals surface area contributed by atoms with Crippen molar-refractivity contribution in [1.82, 2.24) is 15.1 Å². The number of hydrogen-bond donors (Lipinski definition) is 1. The summed E-state index contributed by atoms with van der Waals surface area (Å²) in [5.41, 5.74) is 9.42. The monoisotopic (exact) mass is 286 g/mol. The largest absolute Gasteiger partial charge is 0.398 e. The predicted octanol–water partition coefficient (Wildman–Crippen LogP) is 2.98. The molecule has 3 aromatic rings. The first-order chi connectivity index (χ1) is 9.61. The van der Waals surface area contributed by atoms with Crippen LogP contribution in [0.1, 0.15) is 22.1 Å².